The fourth-order valence-electron chi connectivity index (χ4n) is 3.47. The molecule has 4 nitrogen and oxygen atoms in total. The molecule has 0 spiro atoms. The molecule has 0 N–H and O–H groups in total. The average Bonchev–Trinajstić information content (AvgIpc) is 2.61. The van der Waals surface area contributed by atoms with E-state index in [-0.39, 0.29) is 5.91 Å². The van der Waals surface area contributed by atoms with Crippen molar-refractivity contribution in [1.29, 1.82) is 0 Å². The third-order valence-electron chi connectivity index (χ3n) is 4.60. The molecule has 24 heavy (non-hydrogen) atoms. The Morgan fingerprint density at radius 2 is 1.92 bits per heavy atom. The number of carbonyl (C=O) groups is 2. The van der Waals surface area contributed by atoms with Crippen LogP contribution in [0, 0.1) is 5.82 Å². The number of ether oxygens (including phenoxy) is 1. The molecule has 122 valence electrons. The van der Waals surface area contributed by atoms with Crippen LogP contribution in [0.3, 0.4) is 0 Å². The maximum atomic E-state index is 14.3. The fraction of sp³-hybridized carbons (Fsp3) is 0.263. The third kappa shape index (κ3) is 2.37. The Labute approximate surface area is 138 Å². The molecule has 0 aliphatic carbocycles. The third-order valence-corrected chi connectivity index (χ3v) is 4.60. The highest BCUT2D eigenvalue weighted by atomic mass is 19.1. The molecule has 0 saturated carbocycles. The van der Waals surface area contributed by atoms with Crippen LogP contribution in [-0.2, 0) is 22.4 Å². The van der Waals surface area contributed by atoms with E-state index in [1.54, 1.807) is 18.2 Å². The molecule has 1 atom stereocenters. The minimum absolute atomic E-state index is 0.320. The molecule has 2 aromatic rings. The van der Waals surface area contributed by atoms with Crippen LogP contribution >= 0.6 is 0 Å². The predicted molar refractivity (Wildman–Crippen MR) is 86.4 cm³/mol. The number of hydrogen-bond donors (Lipinski definition) is 0. The molecule has 2 aliphatic heterocycles. The van der Waals surface area contributed by atoms with Gasteiger partial charge in [0.15, 0.2) is 6.10 Å². The standard InChI is InChI=1S/C19H16FNO3/c20-15-9-3-6-12-7-4-10-21(17(12)15)18(22)16-11-13-5-1-2-8-14(13)19(23)24-16/h1-3,5-6,8-9,16H,4,7,10-11H2. The van der Waals surface area contributed by atoms with Crippen LogP contribution < -0.4 is 4.90 Å². The minimum Gasteiger partial charge on any atom is -0.448 e. The van der Waals surface area contributed by atoms with Gasteiger partial charge in [0.2, 0.25) is 0 Å². The summed E-state index contributed by atoms with van der Waals surface area (Å²) in [7, 11) is 0. The number of benzene rings is 2. The van der Waals surface area contributed by atoms with Crippen molar-refractivity contribution in [2.45, 2.75) is 25.4 Å². The highest BCUT2D eigenvalue weighted by Crippen LogP contribution is 2.32. The van der Waals surface area contributed by atoms with Gasteiger partial charge in [-0.25, -0.2) is 9.18 Å². The number of rotatable bonds is 1. The SMILES string of the molecule is O=C1OC(C(=O)N2CCCc3cccc(F)c32)Cc2ccccc21. The summed E-state index contributed by atoms with van der Waals surface area (Å²) in [5.41, 5.74) is 2.42. The van der Waals surface area contributed by atoms with Crippen LogP contribution in [-0.4, -0.2) is 24.5 Å². The molecular weight excluding hydrogens is 309 g/mol. The largest absolute Gasteiger partial charge is 0.448 e. The van der Waals surface area contributed by atoms with Crippen LogP contribution in [0.4, 0.5) is 10.1 Å². The first-order chi connectivity index (χ1) is 11.6. The fourth-order valence-corrected chi connectivity index (χ4v) is 3.47. The predicted octanol–water partition coefficient (Wildman–Crippen LogP) is 2.89. The second-order valence-electron chi connectivity index (χ2n) is 6.10. The van der Waals surface area contributed by atoms with Gasteiger partial charge >= 0.3 is 5.97 Å². The second-order valence-corrected chi connectivity index (χ2v) is 6.10. The van der Waals surface area contributed by atoms with Gasteiger partial charge in [0.1, 0.15) is 5.82 Å². The second kappa shape index (κ2) is 5.74. The Bertz CT molecular complexity index is 833. The lowest BCUT2D eigenvalue weighted by Crippen LogP contribution is -2.46. The molecule has 1 unspecified atom stereocenters. The number of carbonyl (C=O) groups excluding carboxylic acids is 2. The molecule has 1 amide bonds. The average molecular weight is 325 g/mol. The number of anilines is 1. The van der Waals surface area contributed by atoms with Crippen molar-refractivity contribution in [3.63, 3.8) is 0 Å². The van der Waals surface area contributed by atoms with Crippen molar-refractivity contribution in [2.24, 2.45) is 0 Å². The topological polar surface area (TPSA) is 46.6 Å². The lowest BCUT2D eigenvalue weighted by Gasteiger charge is -2.33. The van der Waals surface area contributed by atoms with E-state index >= 15 is 0 Å². The summed E-state index contributed by atoms with van der Waals surface area (Å²) in [4.78, 5) is 26.5. The summed E-state index contributed by atoms with van der Waals surface area (Å²) in [5.74, 6) is -1.27. The van der Waals surface area contributed by atoms with Crippen molar-refractivity contribution in [3.8, 4) is 0 Å². The minimum atomic E-state index is -0.905. The number of fused-ring (bicyclic) bond motifs is 2. The number of nitrogens with zero attached hydrogens (tertiary/aromatic N) is 1. The number of para-hydroxylation sites is 1. The Hall–Kier alpha value is -2.69. The molecule has 0 aromatic heterocycles. The Kier molecular flexibility index (Phi) is 3.56. The summed E-state index contributed by atoms with van der Waals surface area (Å²) >= 11 is 0. The van der Waals surface area contributed by atoms with Gasteiger partial charge in [-0.1, -0.05) is 30.3 Å². The zero-order valence-corrected chi connectivity index (χ0v) is 13.0. The van der Waals surface area contributed by atoms with Gasteiger partial charge in [-0.2, -0.15) is 0 Å². The van der Waals surface area contributed by atoms with Gasteiger partial charge in [-0.05, 0) is 36.1 Å². The molecule has 4 rings (SSSR count). The maximum absolute atomic E-state index is 14.3. The zero-order valence-electron chi connectivity index (χ0n) is 13.0. The first-order valence-corrected chi connectivity index (χ1v) is 8.03. The van der Waals surface area contributed by atoms with Gasteiger partial charge in [-0.15, -0.1) is 0 Å². The van der Waals surface area contributed by atoms with Crippen molar-refractivity contribution in [3.05, 3.63) is 65.0 Å². The smallest absolute Gasteiger partial charge is 0.339 e. The van der Waals surface area contributed by atoms with E-state index in [2.05, 4.69) is 0 Å². The lowest BCUT2D eigenvalue weighted by molar-refractivity contribution is -0.127. The van der Waals surface area contributed by atoms with Crippen molar-refractivity contribution >= 4 is 17.6 Å². The van der Waals surface area contributed by atoms with Crippen LogP contribution in [0.15, 0.2) is 42.5 Å². The number of cyclic esters (lactones) is 1. The number of amides is 1. The maximum Gasteiger partial charge on any atom is 0.339 e. The molecule has 0 saturated heterocycles. The van der Waals surface area contributed by atoms with Gasteiger partial charge in [0.05, 0.1) is 11.3 Å². The normalized spacial score (nSPS) is 19.3. The zero-order chi connectivity index (χ0) is 16.7. The number of esters is 1. The first kappa shape index (κ1) is 14.9. The molecule has 0 radical (unpaired) electrons. The van der Waals surface area contributed by atoms with Crippen molar-refractivity contribution in [1.82, 2.24) is 0 Å². The van der Waals surface area contributed by atoms with E-state index in [1.807, 2.05) is 18.2 Å². The molecule has 5 heteroatoms. The molecule has 2 aromatic carbocycles. The highest BCUT2D eigenvalue weighted by molar-refractivity contribution is 6.02. The van der Waals surface area contributed by atoms with E-state index in [1.165, 1.54) is 11.0 Å². The van der Waals surface area contributed by atoms with E-state index in [4.69, 9.17) is 4.74 Å². The summed E-state index contributed by atoms with van der Waals surface area (Å²) in [6, 6.07) is 11.9. The van der Waals surface area contributed by atoms with Crippen molar-refractivity contribution in [2.75, 3.05) is 11.4 Å². The van der Waals surface area contributed by atoms with Crippen LogP contribution in [0.1, 0.15) is 27.9 Å². The molecule has 2 aliphatic rings. The summed E-state index contributed by atoms with van der Waals surface area (Å²) < 4.78 is 19.6. The summed E-state index contributed by atoms with van der Waals surface area (Å²) in [6.07, 6.45) is 0.919. The van der Waals surface area contributed by atoms with Gasteiger partial charge < -0.3 is 9.64 Å². The highest BCUT2D eigenvalue weighted by Gasteiger charge is 2.36. The molecule has 0 fully saturated rings. The quantitative estimate of drug-likeness (QED) is 0.758. The van der Waals surface area contributed by atoms with Gasteiger partial charge in [-0.3, -0.25) is 4.79 Å². The lowest BCUT2D eigenvalue weighted by atomic mass is 9.96. The van der Waals surface area contributed by atoms with E-state index < -0.39 is 17.9 Å². The van der Waals surface area contributed by atoms with Crippen LogP contribution in [0.2, 0.25) is 0 Å². The Balaban J connectivity index is 1.66. The van der Waals surface area contributed by atoms with Gasteiger partial charge in [0, 0.05) is 13.0 Å². The van der Waals surface area contributed by atoms with Gasteiger partial charge in [0.25, 0.3) is 5.91 Å². The first-order valence-electron chi connectivity index (χ1n) is 8.03. The Morgan fingerprint density at radius 1 is 1.12 bits per heavy atom. The summed E-state index contributed by atoms with van der Waals surface area (Å²) in [6.45, 7) is 0.433. The molecule has 0 bridgehead atoms. The van der Waals surface area contributed by atoms with E-state index in [0.29, 0.717) is 24.2 Å². The van der Waals surface area contributed by atoms with Crippen molar-refractivity contribution < 1.29 is 18.7 Å². The monoisotopic (exact) mass is 325 g/mol. The number of aryl methyl sites for hydroxylation is 1. The molecule has 2 heterocycles. The molecular formula is C19H16FNO3. The van der Waals surface area contributed by atoms with E-state index in [0.717, 1.165) is 24.0 Å². The number of halogens is 1. The van der Waals surface area contributed by atoms with Crippen LogP contribution in [0.5, 0.6) is 0 Å². The Morgan fingerprint density at radius 3 is 2.79 bits per heavy atom. The number of hydrogen-bond acceptors (Lipinski definition) is 3. The van der Waals surface area contributed by atoms with E-state index in [9.17, 15) is 14.0 Å². The summed E-state index contributed by atoms with van der Waals surface area (Å²) in [5, 5.41) is 0. The van der Waals surface area contributed by atoms with Crippen LogP contribution in [0.25, 0.3) is 0 Å².